The Bertz CT molecular complexity index is 1140. The predicted molar refractivity (Wildman–Crippen MR) is 113 cm³/mol. The van der Waals surface area contributed by atoms with Crippen molar-refractivity contribution in [2.75, 3.05) is 13.1 Å². The van der Waals surface area contributed by atoms with Crippen molar-refractivity contribution in [3.05, 3.63) is 88.1 Å². The zero-order chi connectivity index (χ0) is 20.3. The molecule has 0 aliphatic carbocycles. The Hall–Kier alpha value is -2.97. The van der Waals surface area contributed by atoms with Crippen LogP contribution in [0.4, 0.5) is 0 Å². The maximum Gasteiger partial charge on any atom is 0.280 e. The Balaban J connectivity index is 1.58. The minimum Gasteiger partial charge on any atom is -0.354 e. The second-order valence-electron chi connectivity index (χ2n) is 6.48. The molecule has 0 saturated carbocycles. The number of thiophene rings is 1. The smallest absolute Gasteiger partial charge is 0.280 e. The number of benzene rings is 2. The van der Waals surface area contributed by atoms with Gasteiger partial charge in [-0.3, -0.25) is 4.79 Å². The van der Waals surface area contributed by atoms with Crippen molar-refractivity contribution in [3.8, 4) is 0 Å². The van der Waals surface area contributed by atoms with Gasteiger partial charge in [0.05, 0.1) is 4.90 Å². The number of carbonyl (C=O) groups excluding carboxylic acids is 1. The summed E-state index contributed by atoms with van der Waals surface area (Å²) in [4.78, 5) is 13.7. The molecule has 0 unspecified atom stereocenters. The maximum atomic E-state index is 13.0. The molecule has 0 spiro atoms. The van der Waals surface area contributed by atoms with E-state index in [1.807, 2.05) is 47.8 Å². The first-order valence-electron chi connectivity index (χ1n) is 9.11. The van der Waals surface area contributed by atoms with E-state index in [2.05, 4.69) is 10.4 Å². The van der Waals surface area contributed by atoms with Crippen LogP contribution >= 0.6 is 11.3 Å². The fourth-order valence-corrected chi connectivity index (χ4v) is 5.21. The molecule has 0 atom stereocenters. The average Bonchev–Trinajstić information content (AvgIpc) is 3.24. The van der Waals surface area contributed by atoms with Gasteiger partial charge >= 0.3 is 0 Å². The van der Waals surface area contributed by atoms with Crippen molar-refractivity contribution in [3.63, 3.8) is 0 Å². The van der Waals surface area contributed by atoms with Crippen molar-refractivity contribution in [1.29, 1.82) is 0 Å². The van der Waals surface area contributed by atoms with Crippen LogP contribution in [0.15, 0.2) is 82.1 Å². The van der Waals surface area contributed by atoms with Crippen LogP contribution in [0.1, 0.15) is 16.0 Å². The molecule has 6 nitrogen and oxygen atoms in total. The number of nitrogens with zero attached hydrogens (tertiary/aromatic N) is 2. The van der Waals surface area contributed by atoms with Gasteiger partial charge in [0.2, 0.25) is 5.91 Å². The molecule has 1 aliphatic rings. The van der Waals surface area contributed by atoms with E-state index in [1.165, 1.54) is 0 Å². The Labute approximate surface area is 173 Å². The lowest BCUT2D eigenvalue weighted by molar-refractivity contribution is -0.121. The highest BCUT2D eigenvalue weighted by Crippen LogP contribution is 2.28. The molecule has 148 valence electrons. The topological polar surface area (TPSA) is 78.8 Å². The molecule has 1 aromatic heterocycles. The minimum absolute atomic E-state index is 0.153. The Morgan fingerprint density at radius 3 is 2.52 bits per heavy atom. The second-order valence-corrected chi connectivity index (χ2v) is 9.32. The van der Waals surface area contributed by atoms with Gasteiger partial charge in [-0.2, -0.15) is 17.9 Å². The van der Waals surface area contributed by atoms with Crippen LogP contribution in [0.25, 0.3) is 0 Å². The summed E-state index contributed by atoms with van der Waals surface area (Å²) in [5.41, 5.74) is 1.86. The molecule has 3 aromatic rings. The highest BCUT2D eigenvalue weighted by Gasteiger charge is 2.34. The number of hydrogen-bond acceptors (Lipinski definition) is 5. The number of nitrogens with one attached hydrogen (secondary N) is 1. The Morgan fingerprint density at radius 1 is 1.00 bits per heavy atom. The van der Waals surface area contributed by atoms with Gasteiger partial charge in [0.1, 0.15) is 12.3 Å². The fourth-order valence-electron chi connectivity index (χ4n) is 3.11. The monoisotopic (exact) mass is 425 g/mol. The van der Waals surface area contributed by atoms with Crippen LogP contribution in [0.3, 0.4) is 0 Å². The van der Waals surface area contributed by atoms with Gasteiger partial charge in [-0.15, -0.1) is 11.3 Å². The highest BCUT2D eigenvalue weighted by atomic mass is 32.2. The molecule has 2 aromatic carbocycles. The van der Waals surface area contributed by atoms with Gasteiger partial charge in [-0.25, -0.2) is 0 Å². The summed E-state index contributed by atoms with van der Waals surface area (Å²) in [5.74, 6) is -0.388. The van der Waals surface area contributed by atoms with Crippen molar-refractivity contribution in [2.45, 2.75) is 11.3 Å². The van der Waals surface area contributed by atoms with Crippen molar-refractivity contribution in [2.24, 2.45) is 5.10 Å². The molecule has 1 N–H and O–H groups in total. The zero-order valence-electron chi connectivity index (χ0n) is 15.5. The van der Waals surface area contributed by atoms with E-state index in [4.69, 9.17) is 0 Å². The number of fused-ring (bicyclic) bond motifs is 1. The molecule has 1 aliphatic heterocycles. The van der Waals surface area contributed by atoms with E-state index in [0.717, 1.165) is 14.9 Å². The van der Waals surface area contributed by atoms with Gasteiger partial charge in [-0.1, -0.05) is 54.6 Å². The third-order valence-electron chi connectivity index (χ3n) is 4.51. The van der Waals surface area contributed by atoms with Crippen LogP contribution in [0, 0.1) is 0 Å². The predicted octanol–water partition coefficient (Wildman–Crippen LogP) is 2.86. The van der Waals surface area contributed by atoms with Gasteiger partial charge in [-0.05, 0) is 23.9 Å². The number of hydrazone groups is 1. The van der Waals surface area contributed by atoms with Crippen LogP contribution in [-0.4, -0.2) is 37.5 Å². The van der Waals surface area contributed by atoms with E-state index in [9.17, 15) is 13.2 Å². The van der Waals surface area contributed by atoms with Crippen LogP contribution in [0.2, 0.25) is 0 Å². The molecule has 29 heavy (non-hydrogen) atoms. The normalized spacial score (nSPS) is 14.8. The van der Waals surface area contributed by atoms with Gasteiger partial charge in [0.25, 0.3) is 10.0 Å². The molecule has 0 saturated heterocycles. The summed E-state index contributed by atoms with van der Waals surface area (Å²) >= 11 is 1.62. The molecular weight excluding hydrogens is 406 g/mol. The molecule has 8 heteroatoms. The third-order valence-corrected chi connectivity index (χ3v) is 7.12. The second kappa shape index (κ2) is 8.18. The lowest BCUT2D eigenvalue weighted by Crippen LogP contribution is -2.41. The number of rotatable bonds is 6. The van der Waals surface area contributed by atoms with E-state index in [1.54, 1.807) is 35.6 Å². The summed E-state index contributed by atoms with van der Waals surface area (Å²) in [6.45, 7) is 0.0799. The maximum absolute atomic E-state index is 13.0. The molecule has 0 bridgehead atoms. The first-order valence-corrected chi connectivity index (χ1v) is 11.4. The van der Waals surface area contributed by atoms with Gasteiger partial charge in [0, 0.05) is 22.5 Å². The SMILES string of the molecule is O=C(CN1N=C(c2ccccc2)c2ccccc2S1(=O)=O)NCCc1cccs1. The Kier molecular flexibility index (Phi) is 5.46. The lowest BCUT2D eigenvalue weighted by Gasteiger charge is -2.26. The van der Waals surface area contributed by atoms with Crippen LogP contribution in [-0.2, 0) is 21.2 Å². The lowest BCUT2D eigenvalue weighted by atomic mass is 10.0. The van der Waals surface area contributed by atoms with E-state index in [0.29, 0.717) is 24.2 Å². The first kappa shape index (κ1) is 19.4. The largest absolute Gasteiger partial charge is 0.354 e. The molecular formula is C21H19N3O3S2. The fraction of sp³-hybridized carbons (Fsp3) is 0.143. The number of hydrogen-bond donors (Lipinski definition) is 1. The summed E-state index contributed by atoms with van der Waals surface area (Å²) in [5, 5.41) is 9.11. The summed E-state index contributed by atoms with van der Waals surface area (Å²) in [7, 11) is -3.90. The minimum atomic E-state index is -3.90. The van der Waals surface area contributed by atoms with E-state index in [-0.39, 0.29) is 17.3 Å². The van der Waals surface area contributed by atoms with Crippen molar-refractivity contribution in [1.82, 2.24) is 9.73 Å². The van der Waals surface area contributed by atoms with Crippen molar-refractivity contribution >= 4 is 33.0 Å². The van der Waals surface area contributed by atoms with E-state index >= 15 is 0 Å². The number of carbonyl (C=O) groups is 1. The molecule has 1 amide bonds. The Morgan fingerprint density at radius 2 is 1.76 bits per heavy atom. The quantitative estimate of drug-likeness (QED) is 0.660. The highest BCUT2D eigenvalue weighted by molar-refractivity contribution is 7.89. The van der Waals surface area contributed by atoms with Gasteiger partial charge in [0.15, 0.2) is 0 Å². The van der Waals surface area contributed by atoms with Crippen LogP contribution in [0.5, 0.6) is 0 Å². The van der Waals surface area contributed by atoms with E-state index < -0.39 is 10.0 Å². The molecule has 2 heterocycles. The number of amides is 1. The number of sulfonamides is 1. The molecule has 4 rings (SSSR count). The molecule has 0 radical (unpaired) electrons. The van der Waals surface area contributed by atoms with Crippen molar-refractivity contribution < 1.29 is 13.2 Å². The first-order chi connectivity index (χ1) is 14.1. The summed E-state index contributed by atoms with van der Waals surface area (Å²) in [6.07, 6.45) is 0.706. The standard InChI is InChI=1S/C21H19N3O3S2/c25-20(22-13-12-17-9-6-14-28-17)15-24-23-21(16-7-2-1-3-8-16)18-10-4-5-11-19(18)29(24,26)27/h1-11,14H,12-13,15H2,(H,22,25). The van der Waals surface area contributed by atoms with Gasteiger partial charge < -0.3 is 5.32 Å². The summed E-state index contributed by atoms with van der Waals surface area (Å²) in [6, 6.07) is 20.0. The summed E-state index contributed by atoms with van der Waals surface area (Å²) < 4.78 is 26.9. The average molecular weight is 426 g/mol. The zero-order valence-corrected chi connectivity index (χ0v) is 17.1. The molecule has 0 fully saturated rings. The third kappa shape index (κ3) is 4.08. The van der Waals surface area contributed by atoms with Crippen LogP contribution < -0.4 is 5.32 Å².